The van der Waals surface area contributed by atoms with Crippen LogP contribution in [0, 0.1) is 11.3 Å². The van der Waals surface area contributed by atoms with Crippen molar-refractivity contribution in [2.45, 2.75) is 71.1 Å². The van der Waals surface area contributed by atoms with Gasteiger partial charge in [0.1, 0.15) is 5.60 Å². The van der Waals surface area contributed by atoms with Crippen LogP contribution in [-0.4, -0.2) is 51.0 Å². The van der Waals surface area contributed by atoms with Crippen LogP contribution in [0.3, 0.4) is 0 Å². The maximum Gasteiger partial charge on any atom is 0.407 e. The zero-order valence-electron chi connectivity index (χ0n) is 15.4. The fourth-order valence-electron chi connectivity index (χ4n) is 4.48. The van der Waals surface area contributed by atoms with Gasteiger partial charge in [0, 0.05) is 13.1 Å². The summed E-state index contributed by atoms with van der Waals surface area (Å²) < 4.78 is 7.32. The van der Waals surface area contributed by atoms with E-state index in [9.17, 15) is 4.79 Å². The van der Waals surface area contributed by atoms with E-state index in [0.29, 0.717) is 5.41 Å². The van der Waals surface area contributed by atoms with E-state index in [0.717, 1.165) is 37.9 Å². The lowest BCUT2D eigenvalue weighted by Gasteiger charge is -2.22. The molecule has 2 heterocycles. The summed E-state index contributed by atoms with van der Waals surface area (Å²) in [5, 5.41) is 15.3. The van der Waals surface area contributed by atoms with E-state index in [2.05, 4.69) is 25.7 Å². The molecule has 0 radical (unpaired) electrons. The molecule has 4 rings (SSSR count). The van der Waals surface area contributed by atoms with Gasteiger partial charge in [-0.3, -0.25) is 0 Å². The number of carbonyl (C=O) groups excluding carboxylic acids is 1. The molecule has 1 N–H and O–H groups in total. The molecule has 1 amide bonds. The quantitative estimate of drug-likeness (QED) is 0.895. The summed E-state index contributed by atoms with van der Waals surface area (Å²) in [6, 6.07) is 0.0679. The Hall–Kier alpha value is -1.86. The number of carbonyl (C=O) groups is 1. The normalized spacial score (nSPS) is 31.1. The van der Waals surface area contributed by atoms with Gasteiger partial charge in [0.15, 0.2) is 0 Å². The van der Waals surface area contributed by atoms with Gasteiger partial charge < -0.3 is 15.0 Å². The monoisotopic (exact) mass is 348 g/mol. The average Bonchev–Trinajstić information content (AvgIpc) is 2.95. The zero-order chi connectivity index (χ0) is 17.7. The fourth-order valence-corrected chi connectivity index (χ4v) is 4.48. The first-order valence-corrected chi connectivity index (χ1v) is 9.35. The van der Waals surface area contributed by atoms with Gasteiger partial charge in [0.05, 0.1) is 12.6 Å². The number of nitrogens with one attached hydrogen (secondary N) is 1. The van der Waals surface area contributed by atoms with Crippen LogP contribution in [-0.2, 0) is 11.3 Å². The van der Waals surface area contributed by atoms with Crippen LogP contribution in [0.2, 0.25) is 0 Å². The third kappa shape index (κ3) is 3.43. The number of nitrogens with zero attached hydrogens (tertiary/aromatic N) is 5. The first-order chi connectivity index (χ1) is 11.8. The maximum atomic E-state index is 12.0. The van der Waals surface area contributed by atoms with Crippen LogP contribution in [0.15, 0.2) is 0 Å². The minimum Gasteiger partial charge on any atom is -0.444 e. The Kier molecular flexibility index (Phi) is 3.88. The highest BCUT2D eigenvalue weighted by Crippen LogP contribution is 2.64. The van der Waals surface area contributed by atoms with Gasteiger partial charge in [-0.1, -0.05) is 11.5 Å². The largest absolute Gasteiger partial charge is 0.444 e. The molecule has 0 spiro atoms. The molecule has 1 aromatic rings. The third-order valence-electron chi connectivity index (χ3n) is 5.76. The van der Waals surface area contributed by atoms with Crippen molar-refractivity contribution in [1.82, 2.24) is 25.5 Å². The van der Waals surface area contributed by atoms with Gasteiger partial charge >= 0.3 is 6.09 Å². The zero-order valence-corrected chi connectivity index (χ0v) is 15.4. The molecule has 0 unspecified atom stereocenters. The van der Waals surface area contributed by atoms with E-state index in [-0.39, 0.29) is 12.1 Å². The Bertz CT molecular complexity index is 654. The number of fused-ring (bicyclic) bond motifs is 1. The lowest BCUT2D eigenvalue weighted by atomic mass is 10.0. The molecule has 2 aliphatic carbocycles. The van der Waals surface area contributed by atoms with E-state index in [4.69, 9.17) is 4.74 Å². The molecular formula is C17H28N6O2. The minimum atomic E-state index is -0.478. The van der Waals surface area contributed by atoms with Crippen molar-refractivity contribution in [2.24, 2.45) is 11.3 Å². The maximum absolute atomic E-state index is 12.0. The standard InChI is InChI=1S/C17H28N6O2/c1-16(2,3)25-15(24)18-13-6-8-22(10-13)14-19-20-21-23(14)11-17-7-4-5-12(17)9-17/h12-13H,4-11H2,1-3H3,(H,18,24)/t12-,13-,17+/m1/s1. The number of tetrazole rings is 1. The van der Waals surface area contributed by atoms with Crippen molar-refractivity contribution in [3.63, 3.8) is 0 Å². The topological polar surface area (TPSA) is 85.2 Å². The summed E-state index contributed by atoms with van der Waals surface area (Å²) in [5.74, 6) is 1.71. The molecule has 2 saturated carbocycles. The molecule has 25 heavy (non-hydrogen) atoms. The van der Waals surface area contributed by atoms with Crippen LogP contribution in [0.4, 0.5) is 10.7 Å². The molecule has 138 valence electrons. The highest BCUT2D eigenvalue weighted by atomic mass is 16.6. The van der Waals surface area contributed by atoms with Crippen molar-refractivity contribution in [2.75, 3.05) is 18.0 Å². The Morgan fingerprint density at radius 2 is 2.24 bits per heavy atom. The van der Waals surface area contributed by atoms with Gasteiger partial charge in [0.2, 0.25) is 5.95 Å². The predicted octanol–water partition coefficient (Wildman–Crippen LogP) is 1.97. The van der Waals surface area contributed by atoms with Crippen LogP contribution < -0.4 is 10.2 Å². The number of hydrogen-bond acceptors (Lipinski definition) is 6. The first kappa shape index (κ1) is 16.6. The second-order valence-corrected chi connectivity index (χ2v) is 8.87. The van der Waals surface area contributed by atoms with Gasteiger partial charge in [-0.15, -0.1) is 0 Å². The summed E-state index contributed by atoms with van der Waals surface area (Å²) in [6.45, 7) is 8.10. The molecule has 0 bridgehead atoms. The third-order valence-corrected chi connectivity index (χ3v) is 5.76. The van der Waals surface area contributed by atoms with E-state index < -0.39 is 5.60 Å². The van der Waals surface area contributed by atoms with Crippen LogP contribution in [0.5, 0.6) is 0 Å². The number of rotatable bonds is 4. The summed E-state index contributed by atoms with van der Waals surface area (Å²) in [5.41, 5.74) is -0.0219. The predicted molar refractivity (Wildman–Crippen MR) is 92.2 cm³/mol. The molecule has 0 aromatic carbocycles. The van der Waals surface area contributed by atoms with Gasteiger partial charge in [0.25, 0.3) is 0 Å². The number of hydrogen-bond donors (Lipinski definition) is 1. The van der Waals surface area contributed by atoms with Crippen LogP contribution in [0.1, 0.15) is 52.9 Å². The highest BCUT2D eigenvalue weighted by molar-refractivity contribution is 5.68. The smallest absolute Gasteiger partial charge is 0.407 e. The molecule has 3 aliphatic rings. The van der Waals surface area contributed by atoms with E-state index in [1.165, 1.54) is 25.7 Å². The van der Waals surface area contributed by atoms with Gasteiger partial charge in [-0.25, -0.2) is 9.48 Å². The lowest BCUT2D eigenvalue weighted by molar-refractivity contribution is 0.0509. The van der Waals surface area contributed by atoms with Crippen molar-refractivity contribution in [3.8, 4) is 0 Å². The second-order valence-electron chi connectivity index (χ2n) is 8.87. The number of anilines is 1. The summed E-state index contributed by atoms with van der Waals surface area (Å²) >= 11 is 0. The Morgan fingerprint density at radius 3 is 2.92 bits per heavy atom. The average molecular weight is 348 g/mol. The molecule has 8 nitrogen and oxygen atoms in total. The number of alkyl carbamates (subject to hydrolysis) is 1. The molecule has 1 aliphatic heterocycles. The Balaban J connectivity index is 1.35. The fraction of sp³-hybridized carbons (Fsp3) is 0.882. The van der Waals surface area contributed by atoms with E-state index in [1.54, 1.807) is 0 Å². The van der Waals surface area contributed by atoms with Crippen molar-refractivity contribution in [3.05, 3.63) is 0 Å². The van der Waals surface area contributed by atoms with Crippen molar-refractivity contribution in [1.29, 1.82) is 0 Å². The summed E-state index contributed by atoms with van der Waals surface area (Å²) in [6.07, 6.45) is 5.86. The second kappa shape index (κ2) is 5.85. The number of aromatic nitrogens is 4. The number of ether oxygens (including phenoxy) is 1. The summed E-state index contributed by atoms with van der Waals surface area (Å²) in [4.78, 5) is 14.1. The molecule has 8 heteroatoms. The van der Waals surface area contributed by atoms with E-state index in [1.807, 2.05) is 25.5 Å². The Labute approximate surface area is 148 Å². The van der Waals surface area contributed by atoms with Gasteiger partial charge in [-0.2, -0.15) is 0 Å². The van der Waals surface area contributed by atoms with Crippen molar-refractivity contribution < 1.29 is 9.53 Å². The highest BCUT2D eigenvalue weighted by Gasteiger charge is 2.57. The van der Waals surface area contributed by atoms with Crippen molar-refractivity contribution >= 4 is 12.0 Å². The van der Waals surface area contributed by atoms with Crippen LogP contribution >= 0.6 is 0 Å². The Morgan fingerprint density at radius 1 is 1.40 bits per heavy atom. The van der Waals surface area contributed by atoms with Crippen LogP contribution in [0.25, 0.3) is 0 Å². The first-order valence-electron chi connectivity index (χ1n) is 9.35. The molecule has 1 aromatic heterocycles. The molecule has 1 saturated heterocycles. The number of amides is 1. The van der Waals surface area contributed by atoms with Gasteiger partial charge in [-0.05, 0) is 68.2 Å². The lowest BCUT2D eigenvalue weighted by Crippen LogP contribution is -2.40. The molecule has 3 atom stereocenters. The summed E-state index contributed by atoms with van der Waals surface area (Å²) in [7, 11) is 0. The molecular weight excluding hydrogens is 320 g/mol. The SMILES string of the molecule is CC(C)(C)OC(=O)N[C@@H]1CCN(c2nnnn2C[C@@]23CCC[C@@H]2C3)C1. The van der Waals surface area contributed by atoms with E-state index >= 15 is 0 Å². The minimum absolute atomic E-state index is 0.0679. The molecule has 3 fully saturated rings.